The second kappa shape index (κ2) is 4.27. The van der Waals surface area contributed by atoms with Crippen LogP contribution in [-0.2, 0) is 6.42 Å². The molecule has 1 aliphatic heterocycles. The lowest BCUT2D eigenvalue weighted by atomic mass is 10.0. The Hall–Kier alpha value is -1.14. The Morgan fingerprint density at radius 2 is 2.47 bits per heavy atom. The van der Waals surface area contributed by atoms with E-state index in [0.29, 0.717) is 11.6 Å². The predicted octanol–water partition coefficient (Wildman–Crippen LogP) is 0.937. The molecule has 0 aromatic carbocycles. The first-order chi connectivity index (χ1) is 8.24. The minimum atomic E-state index is -0.0540. The Labute approximate surface area is 106 Å². The van der Waals surface area contributed by atoms with Gasteiger partial charge in [0, 0.05) is 18.0 Å². The van der Waals surface area contributed by atoms with Crippen LogP contribution >= 0.6 is 15.9 Å². The molecule has 2 aromatic heterocycles. The SMILES string of the molecule is O=c1cc(CC2CCNC2)nc2c(Br)c[nH]n12. The van der Waals surface area contributed by atoms with E-state index < -0.39 is 0 Å². The van der Waals surface area contributed by atoms with Gasteiger partial charge in [-0.2, -0.15) is 0 Å². The average Bonchev–Trinajstić information content (AvgIpc) is 2.90. The van der Waals surface area contributed by atoms with Gasteiger partial charge < -0.3 is 5.32 Å². The largest absolute Gasteiger partial charge is 0.316 e. The van der Waals surface area contributed by atoms with Crippen LogP contribution in [0.5, 0.6) is 0 Å². The molecule has 1 fully saturated rings. The van der Waals surface area contributed by atoms with Crippen LogP contribution in [0.15, 0.2) is 21.5 Å². The number of H-pyrrole nitrogens is 1. The Morgan fingerprint density at radius 1 is 1.59 bits per heavy atom. The van der Waals surface area contributed by atoms with Crippen LogP contribution in [0.4, 0.5) is 0 Å². The van der Waals surface area contributed by atoms with Crippen molar-refractivity contribution < 1.29 is 0 Å². The fourth-order valence-corrected chi connectivity index (χ4v) is 2.66. The lowest BCUT2D eigenvalue weighted by molar-refractivity contribution is 0.571. The molecule has 0 aliphatic carbocycles. The van der Waals surface area contributed by atoms with E-state index >= 15 is 0 Å². The molecule has 0 amide bonds. The first-order valence-corrected chi connectivity index (χ1v) is 6.49. The minimum Gasteiger partial charge on any atom is -0.316 e. The van der Waals surface area contributed by atoms with E-state index in [1.54, 1.807) is 12.3 Å². The Balaban J connectivity index is 1.99. The van der Waals surface area contributed by atoms with Gasteiger partial charge in [-0.3, -0.25) is 9.89 Å². The monoisotopic (exact) mass is 296 g/mol. The summed E-state index contributed by atoms with van der Waals surface area (Å²) in [6.45, 7) is 2.09. The van der Waals surface area contributed by atoms with Crippen molar-refractivity contribution >= 4 is 21.6 Å². The van der Waals surface area contributed by atoms with Crippen LogP contribution in [0.1, 0.15) is 12.1 Å². The molecule has 6 heteroatoms. The van der Waals surface area contributed by atoms with Crippen LogP contribution in [0, 0.1) is 5.92 Å². The highest BCUT2D eigenvalue weighted by Gasteiger charge is 2.16. The van der Waals surface area contributed by atoms with Gasteiger partial charge in [0.15, 0.2) is 5.65 Å². The van der Waals surface area contributed by atoms with E-state index in [-0.39, 0.29) is 5.56 Å². The summed E-state index contributed by atoms with van der Waals surface area (Å²) in [5, 5.41) is 6.18. The molecule has 0 bridgehead atoms. The van der Waals surface area contributed by atoms with Crippen molar-refractivity contribution in [2.75, 3.05) is 13.1 Å². The van der Waals surface area contributed by atoms with Gasteiger partial charge in [-0.1, -0.05) is 0 Å². The zero-order valence-electron chi connectivity index (χ0n) is 9.24. The lowest BCUT2D eigenvalue weighted by Gasteiger charge is -2.07. The number of rotatable bonds is 2. The van der Waals surface area contributed by atoms with Crippen molar-refractivity contribution in [3.8, 4) is 0 Å². The first-order valence-electron chi connectivity index (χ1n) is 5.70. The van der Waals surface area contributed by atoms with E-state index in [9.17, 15) is 4.79 Å². The van der Waals surface area contributed by atoms with Gasteiger partial charge >= 0.3 is 0 Å². The second-order valence-corrected chi connectivity index (χ2v) is 5.28. The summed E-state index contributed by atoms with van der Waals surface area (Å²) < 4.78 is 2.27. The third-order valence-electron chi connectivity index (χ3n) is 3.17. The van der Waals surface area contributed by atoms with Crippen molar-refractivity contribution in [1.82, 2.24) is 19.9 Å². The smallest absolute Gasteiger partial charge is 0.272 e. The van der Waals surface area contributed by atoms with Crippen molar-refractivity contribution in [2.24, 2.45) is 5.92 Å². The van der Waals surface area contributed by atoms with E-state index in [1.165, 1.54) is 4.52 Å². The van der Waals surface area contributed by atoms with Crippen molar-refractivity contribution in [2.45, 2.75) is 12.8 Å². The van der Waals surface area contributed by atoms with Crippen LogP contribution in [0.25, 0.3) is 5.65 Å². The van der Waals surface area contributed by atoms with Crippen LogP contribution in [-0.4, -0.2) is 27.7 Å². The number of halogens is 1. The molecule has 17 heavy (non-hydrogen) atoms. The number of aromatic nitrogens is 3. The fourth-order valence-electron chi connectivity index (χ4n) is 2.29. The average molecular weight is 297 g/mol. The Kier molecular flexibility index (Phi) is 2.76. The lowest BCUT2D eigenvalue weighted by Crippen LogP contribution is -2.18. The third-order valence-corrected chi connectivity index (χ3v) is 3.75. The summed E-state index contributed by atoms with van der Waals surface area (Å²) in [6, 6.07) is 1.62. The highest BCUT2D eigenvalue weighted by molar-refractivity contribution is 9.10. The molecule has 5 nitrogen and oxygen atoms in total. The topological polar surface area (TPSA) is 62.2 Å². The number of hydrogen-bond donors (Lipinski definition) is 2. The van der Waals surface area contributed by atoms with Gasteiger partial charge in [0.25, 0.3) is 5.56 Å². The third kappa shape index (κ3) is 2.02. The molecule has 0 saturated carbocycles. The normalized spacial score (nSPS) is 20.2. The molecule has 2 aromatic rings. The van der Waals surface area contributed by atoms with Gasteiger partial charge in [-0.25, -0.2) is 9.50 Å². The molecular formula is C11H13BrN4O. The van der Waals surface area contributed by atoms with Crippen molar-refractivity contribution in [1.29, 1.82) is 0 Å². The van der Waals surface area contributed by atoms with Gasteiger partial charge in [0.05, 0.1) is 4.47 Å². The van der Waals surface area contributed by atoms with Crippen molar-refractivity contribution in [3.63, 3.8) is 0 Å². The molecule has 1 aliphatic rings. The van der Waals surface area contributed by atoms with Gasteiger partial charge in [-0.15, -0.1) is 0 Å². The minimum absolute atomic E-state index is 0.0540. The maximum absolute atomic E-state index is 11.8. The quantitative estimate of drug-likeness (QED) is 0.867. The van der Waals surface area contributed by atoms with Gasteiger partial charge in [0.1, 0.15) is 0 Å². The van der Waals surface area contributed by atoms with Gasteiger partial charge in [0.2, 0.25) is 0 Å². The summed E-state index contributed by atoms with van der Waals surface area (Å²) >= 11 is 3.38. The Morgan fingerprint density at radius 3 is 3.24 bits per heavy atom. The zero-order valence-corrected chi connectivity index (χ0v) is 10.8. The summed E-state index contributed by atoms with van der Waals surface area (Å²) in [4.78, 5) is 16.4. The zero-order chi connectivity index (χ0) is 11.8. The number of nitrogens with zero attached hydrogens (tertiary/aromatic N) is 2. The molecule has 1 atom stereocenters. The molecule has 0 radical (unpaired) electrons. The number of nitrogens with one attached hydrogen (secondary N) is 2. The molecule has 1 saturated heterocycles. The summed E-state index contributed by atoms with van der Waals surface area (Å²) in [7, 11) is 0. The standard InChI is InChI=1S/C11H13BrN4O/c12-9-6-14-16-10(17)4-8(15-11(9)16)3-7-1-2-13-5-7/h4,6-7,13-14H,1-3,5H2. The maximum atomic E-state index is 11.8. The van der Waals surface area contributed by atoms with E-state index in [2.05, 4.69) is 31.3 Å². The number of fused-ring (bicyclic) bond motifs is 1. The second-order valence-electron chi connectivity index (χ2n) is 4.43. The summed E-state index contributed by atoms with van der Waals surface area (Å²) in [5.41, 5.74) is 1.49. The molecular weight excluding hydrogens is 284 g/mol. The fraction of sp³-hybridized carbons (Fsp3) is 0.455. The molecule has 3 rings (SSSR count). The maximum Gasteiger partial charge on any atom is 0.272 e. The van der Waals surface area contributed by atoms with Crippen LogP contribution in [0.2, 0.25) is 0 Å². The molecule has 2 N–H and O–H groups in total. The Bertz CT molecular complexity index is 597. The molecule has 3 heterocycles. The first kappa shape index (κ1) is 11.0. The number of aromatic amines is 1. The highest BCUT2D eigenvalue weighted by atomic mass is 79.9. The van der Waals surface area contributed by atoms with Gasteiger partial charge in [-0.05, 0) is 47.8 Å². The van der Waals surface area contributed by atoms with Crippen LogP contribution in [0.3, 0.4) is 0 Å². The molecule has 0 spiro atoms. The summed E-state index contributed by atoms with van der Waals surface area (Å²) in [6.07, 6.45) is 3.76. The van der Waals surface area contributed by atoms with E-state index in [1.807, 2.05) is 0 Å². The molecule has 1 unspecified atom stereocenters. The van der Waals surface area contributed by atoms with Crippen LogP contribution < -0.4 is 10.9 Å². The molecule has 90 valence electrons. The van der Waals surface area contributed by atoms with Crippen molar-refractivity contribution in [3.05, 3.63) is 32.8 Å². The number of hydrogen-bond acceptors (Lipinski definition) is 3. The summed E-state index contributed by atoms with van der Waals surface area (Å²) in [5.74, 6) is 0.599. The van der Waals surface area contributed by atoms with E-state index in [0.717, 1.165) is 36.1 Å². The highest BCUT2D eigenvalue weighted by Crippen LogP contribution is 2.16. The van der Waals surface area contributed by atoms with E-state index in [4.69, 9.17) is 0 Å². The predicted molar refractivity (Wildman–Crippen MR) is 68.2 cm³/mol.